The monoisotopic (exact) mass is 522 g/mol. The lowest BCUT2D eigenvalue weighted by Crippen LogP contribution is -2.47. The zero-order valence-corrected chi connectivity index (χ0v) is 20.8. The van der Waals surface area contributed by atoms with E-state index in [1.807, 2.05) is 21.1 Å². The van der Waals surface area contributed by atoms with Crippen molar-refractivity contribution in [3.8, 4) is 0 Å². The highest BCUT2D eigenvalue weighted by atomic mass is 127. The maximum absolute atomic E-state index is 12.3. The van der Waals surface area contributed by atoms with Gasteiger partial charge >= 0.3 is 0 Å². The highest BCUT2D eigenvalue weighted by Crippen LogP contribution is 2.21. The molecule has 0 aromatic heterocycles. The summed E-state index contributed by atoms with van der Waals surface area (Å²) in [6.45, 7) is 4.67. The third kappa shape index (κ3) is 7.92. The van der Waals surface area contributed by atoms with E-state index < -0.39 is 0 Å². The average molecular weight is 522 g/mol. The molecule has 0 aromatic rings. The number of carbonyl (C=O) groups excluding carboxylic acids is 2. The van der Waals surface area contributed by atoms with Crippen LogP contribution in [0.25, 0.3) is 0 Å². The van der Waals surface area contributed by atoms with Crippen molar-refractivity contribution in [3.63, 3.8) is 0 Å². The number of nitrogens with zero attached hydrogens (tertiary/aromatic N) is 4. The second-order valence-electron chi connectivity index (χ2n) is 8.06. The number of carbonyl (C=O) groups is 2. The van der Waals surface area contributed by atoms with E-state index in [0.29, 0.717) is 12.3 Å². The maximum atomic E-state index is 12.3. The van der Waals surface area contributed by atoms with Crippen LogP contribution in [0.15, 0.2) is 4.99 Å². The lowest BCUT2D eigenvalue weighted by atomic mass is 9.93. The van der Waals surface area contributed by atoms with Gasteiger partial charge in [0.1, 0.15) is 0 Å². The summed E-state index contributed by atoms with van der Waals surface area (Å²) < 4.78 is 0. The molecular formula is C20H39IN6O2. The zero-order chi connectivity index (χ0) is 20.5. The molecule has 2 N–H and O–H groups in total. The first-order valence-electron chi connectivity index (χ1n) is 10.6. The SMILES string of the molecule is CN=C(NCCCN1CCCC1C(=O)N(C)C)N1CCC(CC(=O)NC)CC1.I. The van der Waals surface area contributed by atoms with E-state index in [4.69, 9.17) is 0 Å². The van der Waals surface area contributed by atoms with Crippen LogP contribution in [0.3, 0.4) is 0 Å². The molecule has 0 aromatic carbocycles. The van der Waals surface area contributed by atoms with Gasteiger partial charge < -0.3 is 20.4 Å². The van der Waals surface area contributed by atoms with Gasteiger partial charge in [-0.25, -0.2) is 0 Å². The van der Waals surface area contributed by atoms with E-state index in [1.54, 1.807) is 11.9 Å². The third-order valence-electron chi connectivity index (χ3n) is 5.87. The molecule has 2 saturated heterocycles. The van der Waals surface area contributed by atoms with Crippen LogP contribution < -0.4 is 10.6 Å². The van der Waals surface area contributed by atoms with Crippen LogP contribution in [0.1, 0.15) is 38.5 Å². The molecular weight excluding hydrogens is 483 g/mol. The van der Waals surface area contributed by atoms with Crippen LogP contribution in [-0.4, -0.2) is 99.4 Å². The number of hydrogen-bond acceptors (Lipinski definition) is 4. The van der Waals surface area contributed by atoms with Crippen molar-refractivity contribution >= 4 is 41.8 Å². The van der Waals surface area contributed by atoms with E-state index in [1.165, 1.54) is 0 Å². The van der Waals surface area contributed by atoms with Gasteiger partial charge in [0, 0.05) is 60.8 Å². The molecule has 0 aliphatic carbocycles. The topological polar surface area (TPSA) is 80.3 Å². The Morgan fingerprint density at radius 1 is 1.14 bits per heavy atom. The molecule has 0 radical (unpaired) electrons. The van der Waals surface area contributed by atoms with Gasteiger partial charge in [0.15, 0.2) is 5.96 Å². The number of likely N-dealkylation sites (tertiary alicyclic amines) is 2. The van der Waals surface area contributed by atoms with E-state index in [9.17, 15) is 9.59 Å². The number of rotatable bonds is 7. The Morgan fingerprint density at radius 3 is 2.41 bits per heavy atom. The zero-order valence-electron chi connectivity index (χ0n) is 18.4. The Bertz CT molecular complexity index is 549. The summed E-state index contributed by atoms with van der Waals surface area (Å²) in [5.74, 6) is 1.77. The minimum Gasteiger partial charge on any atom is -0.359 e. The van der Waals surface area contributed by atoms with Crippen molar-refractivity contribution in [1.29, 1.82) is 0 Å². The first-order chi connectivity index (χ1) is 13.5. The fraction of sp³-hybridized carbons (Fsp3) is 0.850. The van der Waals surface area contributed by atoms with Gasteiger partial charge in [-0.2, -0.15) is 0 Å². The standard InChI is InChI=1S/C20H38N6O2.HI/c1-21-18(27)15-16-8-13-26(14-9-16)20(22-2)23-10-6-12-25-11-5-7-17(25)19(28)24(3)4;/h16-17H,5-15H2,1-4H3,(H,21,27)(H,22,23);1H. The predicted octanol–water partition coefficient (Wildman–Crippen LogP) is 0.971. The minimum atomic E-state index is 0. The average Bonchev–Trinajstić information content (AvgIpc) is 3.16. The molecule has 1 unspecified atom stereocenters. The van der Waals surface area contributed by atoms with Crippen molar-refractivity contribution in [1.82, 2.24) is 25.3 Å². The van der Waals surface area contributed by atoms with Crippen LogP contribution in [-0.2, 0) is 9.59 Å². The third-order valence-corrected chi connectivity index (χ3v) is 5.87. The highest BCUT2D eigenvalue weighted by Gasteiger charge is 2.31. The van der Waals surface area contributed by atoms with Crippen molar-refractivity contribution in [2.45, 2.75) is 44.6 Å². The number of aliphatic imine (C=N–C) groups is 1. The lowest BCUT2D eigenvalue weighted by molar-refractivity contribution is -0.133. The molecule has 2 rings (SSSR count). The van der Waals surface area contributed by atoms with Gasteiger partial charge in [-0.3, -0.25) is 19.5 Å². The summed E-state index contributed by atoms with van der Waals surface area (Å²) in [6, 6.07) is 0.0497. The van der Waals surface area contributed by atoms with E-state index in [0.717, 1.165) is 70.8 Å². The first kappa shape index (κ1) is 25.9. The normalized spacial score (nSPS) is 20.9. The summed E-state index contributed by atoms with van der Waals surface area (Å²) in [5, 5.41) is 6.19. The van der Waals surface area contributed by atoms with Gasteiger partial charge in [0.05, 0.1) is 6.04 Å². The van der Waals surface area contributed by atoms with Crippen molar-refractivity contribution in [2.75, 3.05) is 60.9 Å². The van der Waals surface area contributed by atoms with Gasteiger partial charge in [0.25, 0.3) is 0 Å². The summed E-state index contributed by atoms with van der Waals surface area (Å²) in [4.78, 5) is 34.6. The maximum Gasteiger partial charge on any atom is 0.239 e. The molecule has 0 bridgehead atoms. The Hall–Kier alpha value is -1.10. The molecule has 2 aliphatic heterocycles. The molecule has 0 saturated carbocycles. The van der Waals surface area contributed by atoms with Gasteiger partial charge in [0.2, 0.25) is 11.8 Å². The number of halogens is 1. The van der Waals surface area contributed by atoms with Crippen molar-refractivity contribution in [3.05, 3.63) is 0 Å². The molecule has 2 aliphatic rings. The van der Waals surface area contributed by atoms with Crippen LogP contribution in [0.4, 0.5) is 0 Å². The predicted molar refractivity (Wildman–Crippen MR) is 128 cm³/mol. The Labute approximate surface area is 192 Å². The van der Waals surface area contributed by atoms with E-state index in [-0.39, 0.29) is 41.8 Å². The second kappa shape index (κ2) is 13.3. The smallest absolute Gasteiger partial charge is 0.239 e. The lowest BCUT2D eigenvalue weighted by Gasteiger charge is -2.34. The number of piperidine rings is 1. The van der Waals surface area contributed by atoms with Crippen LogP contribution in [0.5, 0.6) is 0 Å². The summed E-state index contributed by atoms with van der Waals surface area (Å²) >= 11 is 0. The molecule has 8 nitrogen and oxygen atoms in total. The molecule has 2 fully saturated rings. The van der Waals surface area contributed by atoms with E-state index >= 15 is 0 Å². The summed E-state index contributed by atoms with van der Waals surface area (Å²) in [6.07, 6.45) is 5.73. The largest absolute Gasteiger partial charge is 0.359 e. The second-order valence-corrected chi connectivity index (χ2v) is 8.06. The molecule has 168 valence electrons. The Kier molecular flexibility index (Phi) is 11.9. The number of nitrogens with one attached hydrogen (secondary N) is 2. The quantitative estimate of drug-likeness (QED) is 0.226. The first-order valence-corrected chi connectivity index (χ1v) is 10.6. The molecule has 2 heterocycles. The van der Waals surface area contributed by atoms with Crippen LogP contribution in [0, 0.1) is 5.92 Å². The van der Waals surface area contributed by atoms with Crippen molar-refractivity contribution in [2.24, 2.45) is 10.9 Å². The van der Waals surface area contributed by atoms with Gasteiger partial charge in [-0.05, 0) is 44.6 Å². The minimum absolute atomic E-state index is 0. The van der Waals surface area contributed by atoms with Crippen LogP contribution in [0.2, 0.25) is 0 Å². The number of likely N-dealkylation sites (N-methyl/N-ethyl adjacent to an activating group) is 1. The Morgan fingerprint density at radius 2 is 1.83 bits per heavy atom. The fourth-order valence-corrected chi connectivity index (χ4v) is 4.20. The molecule has 0 spiro atoms. The van der Waals surface area contributed by atoms with Gasteiger partial charge in [-0.15, -0.1) is 24.0 Å². The summed E-state index contributed by atoms with van der Waals surface area (Å²) in [7, 11) is 7.19. The van der Waals surface area contributed by atoms with E-state index in [2.05, 4.69) is 25.4 Å². The van der Waals surface area contributed by atoms with Crippen LogP contribution >= 0.6 is 24.0 Å². The Balaban J connectivity index is 0.00000420. The van der Waals surface area contributed by atoms with Crippen molar-refractivity contribution < 1.29 is 9.59 Å². The molecule has 29 heavy (non-hydrogen) atoms. The number of guanidine groups is 1. The molecule has 1 atom stereocenters. The fourth-order valence-electron chi connectivity index (χ4n) is 4.20. The molecule has 2 amide bonds. The number of hydrogen-bond donors (Lipinski definition) is 2. The number of amides is 2. The summed E-state index contributed by atoms with van der Waals surface area (Å²) in [5.41, 5.74) is 0. The highest BCUT2D eigenvalue weighted by molar-refractivity contribution is 14.0. The molecule has 9 heteroatoms. The van der Waals surface area contributed by atoms with Gasteiger partial charge in [-0.1, -0.05) is 0 Å².